The Balaban J connectivity index is 1.55. The number of carbonyl (C=O) groups excluding carboxylic acids is 2. The van der Waals surface area contributed by atoms with Crippen LogP contribution in [0.25, 0.3) is 0 Å². The van der Waals surface area contributed by atoms with Crippen LogP contribution in [0.2, 0.25) is 0 Å². The largest absolute Gasteiger partial charge is 0.496 e. The molecule has 1 atom stereocenters. The average Bonchev–Trinajstić information content (AvgIpc) is 2.87. The molecule has 1 unspecified atom stereocenters. The van der Waals surface area contributed by atoms with Gasteiger partial charge in [0.2, 0.25) is 0 Å². The van der Waals surface area contributed by atoms with E-state index in [1.807, 2.05) is 11.0 Å². The molecule has 1 spiro atoms. The van der Waals surface area contributed by atoms with Crippen LogP contribution in [0.3, 0.4) is 0 Å². The molecule has 2 fully saturated rings. The molecule has 8 heteroatoms. The Morgan fingerprint density at radius 1 is 1.10 bits per heavy atom. The number of nitrogens with zero attached hydrogens (tertiary/aromatic N) is 2. The maximum atomic E-state index is 13.2. The molecule has 1 aromatic carbocycles. The standard InChI is InChI=1S/C21H29N3O5/c1-28-16-7-8-17(29-2)18-14(16)11-23(12-15(18)25)13-24-19(26)21(22-20(24)27)9-5-3-4-6-10-21/h7-8,15,25H,3-6,9-13H2,1-2H3,(H,22,27). The van der Waals surface area contributed by atoms with Crippen molar-refractivity contribution in [1.82, 2.24) is 15.1 Å². The lowest BCUT2D eigenvalue weighted by atomic mass is 9.90. The van der Waals surface area contributed by atoms with E-state index in [2.05, 4.69) is 5.32 Å². The van der Waals surface area contributed by atoms with Crippen LogP contribution < -0.4 is 14.8 Å². The number of hydrogen-bond donors (Lipinski definition) is 2. The zero-order valence-electron chi connectivity index (χ0n) is 17.1. The molecule has 0 bridgehead atoms. The first-order valence-corrected chi connectivity index (χ1v) is 10.3. The lowest BCUT2D eigenvalue weighted by Crippen LogP contribution is -2.48. The number of aliphatic hydroxyl groups is 1. The van der Waals surface area contributed by atoms with E-state index in [1.165, 1.54) is 4.90 Å². The van der Waals surface area contributed by atoms with Crippen LogP contribution in [-0.2, 0) is 11.3 Å². The first-order valence-electron chi connectivity index (χ1n) is 10.3. The third-order valence-corrected chi connectivity index (χ3v) is 6.40. The number of benzene rings is 1. The highest BCUT2D eigenvalue weighted by molar-refractivity contribution is 6.07. The topological polar surface area (TPSA) is 91.3 Å². The van der Waals surface area contributed by atoms with Crippen LogP contribution in [-0.4, -0.2) is 59.8 Å². The van der Waals surface area contributed by atoms with E-state index < -0.39 is 11.6 Å². The van der Waals surface area contributed by atoms with Crippen molar-refractivity contribution in [1.29, 1.82) is 0 Å². The molecule has 0 aromatic heterocycles. The fourth-order valence-corrected chi connectivity index (χ4v) is 4.93. The summed E-state index contributed by atoms with van der Waals surface area (Å²) in [6.45, 7) is 0.903. The molecule has 1 aliphatic carbocycles. The van der Waals surface area contributed by atoms with Crippen molar-refractivity contribution >= 4 is 11.9 Å². The number of aliphatic hydroxyl groups excluding tert-OH is 1. The van der Waals surface area contributed by atoms with Gasteiger partial charge in [0, 0.05) is 24.2 Å². The van der Waals surface area contributed by atoms with E-state index in [0.717, 1.165) is 31.2 Å². The third kappa shape index (κ3) is 3.44. The molecule has 8 nitrogen and oxygen atoms in total. The lowest BCUT2D eigenvalue weighted by Gasteiger charge is -2.35. The summed E-state index contributed by atoms with van der Waals surface area (Å²) in [7, 11) is 3.15. The van der Waals surface area contributed by atoms with Crippen LogP contribution in [0.5, 0.6) is 11.5 Å². The van der Waals surface area contributed by atoms with E-state index in [4.69, 9.17) is 9.47 Å². The quantitative estimate of drug-likeness (QED) is 0.749. The fraction of sp³-hybridized carbons (Fsp3) is 0.619. The number of ether oxygens (including phenoxy) is 2. The van der Waals surface area contributed by atoms with Gasteiger partial charge in [0.15, 0.2) is 0 Å². The summed E-state index contributed by atoms with van der Waals surface area (Å²) in [5.41, 5.74) is 0.781. The average molecular weight is 403 g/mol. The van der Waals surface area contributed by atoms with Crippen molar-refractivity contribution in [3.8, 4) is 11.5 Å². The highest BCUT2D eigenvalue weighted by Gasteiger charge is 2.51. The molecule has 3 aliphatic rings. The second-order valence-corrected chi connectivity index (χ2v) is 8.19. The maximum Gasteiger partial charge on any atom is 0.326 e. The predicted octanol–water partition coefficient (Wildman–Crippen LogP) is 2.16. The van der Waals surface area contributed by atoms with Crippen molar-refractivity contribution in [3.05, 3.63) is 23.3 Å². The van der Waals surface area contributed by atoms with E-state index >= 15 is 0 Å². The first-order chi connectivity index (χ1) is 14.0. The van der Waals surface area contributed by atoms with Gasteiger partial charge in [-0.15, -0.1) is 0 Å². The smallest absolute Gasteiger partial charge is 0.326 e. The van der Waals surface area contributed by atoms with Crippen molar-refractivity contribution in [3.63, 3.8) is 0 Å². The Labute approximate surface area is 170 Å². The van der Waals surface area contributed by atoms with Crippen molar-refractivity contribution in [2.45, 2.75) is 56.7 Å². The molecule has 0 radical (unpaired) electrons. The Morgan fingerprint density at radius 3 is 2.41 bits per heavy atom. The summed E-state index contributed by atoms with van der Waals surface area (Å²) >= 11 is 0. The van der Waals surface area contributed by atoms with E-state index in [0.29, 0.717) is 43.0 Å². The van der Waals surface area contributed by atoms with Gasteiger partial charge >= 0.3 is 6.03 Å². The van der Waals surface area contributed by atoms with Gasteiger partial charge in [-0.2, -0.15) is 0 Å². The zero-order chi connectivity index (χ0) is 20.6. The molecule has 2 N–H and O–H groups in total. The number of amides is 3. The van der Waals surface area contributed by atoms with E-state index in [1.54, 1.807) is 20.3 Å². The SMILES string of the molecule is COc1ccc(OC)c2c1CN(CN1C(=O)NC3(CCCCCC3)C1=O)CC2O. The predicted molar refractivity (Wildman–Crippen MR) is 106 cm³/mol. The van der Waals surface area contributed by atoms with Crippen molar-refractivity contribution < 1.29 is 24.2 Å². The number of rotatable bonds is 4. The molecule has 1 saturated carbocycles. The van der Waals surface area contributed by atoms with Gasteiger partial charge in [-0.05, 0) is 25.0 Å². The number of nitrogens with one attached hydrogen (secondary N) is 1. The summed E-state index contributed by atoms with van der Waals surface area (Å²) in [5, 5.41) is 13.7. The molecular weight excluding hydrogens is 374 g/mol. The Kier molecular flexibility index (Phi) is 5.40. The van der Waals surface area contributed by atoms with Crippen LogP contribution in [0, 0.1) is 0 Å². The van der Waals surface area contributed by atoms with Crippen LogP contribution in [0.1, 0.15) is 55.8 Å². The van der Waals surface area contributed by atoms with Crippen molar-refractivity contribution in [2.75, 3.05) is 27.4 Å². The van der Waals surface area contributed by atoms with Crippen LogP contribution in [0.4, 0.5) is 4.79 Å². The monoisotopic (exact) mass is 403 g/mol. The zero-order valence-corrected chi connectivity index (χ0v) is 17.1. The van der Waals surface area contributed by atoms with Crippen LogP contribution in [0.15, 0.2) is 12.1 Å². The highest BCUT2D eigenvalue weighted by Crippen LogP contribution is 2.40. The van der Waals surface area contributed by atoms with Gasteiger partial charge in [0.05, 0.1) is 27.0 Å². The Hall–Kier alpha value is -2.32. The van der Waals surface area contributed by atoms with Gasteiger partial charge in [0.25, 0.3) is 5.91 Å². The van der Waals surface area contributed by atoms with E-state index in [-0.39, 0.29) is 18.6 Å². The third-order valence-electron chi connectivity index (χ3n) is 6.40. The number of fused-ring (bicyclic) bond motifs is 1. The normalized spacial score (nSPS) is 24.2. The van der Waals surface area contributed by atoms with Crippen molar-refractivity contribution in [2.24, 2.45) is 0 Å². The Morgan fingerprint density at radius 2 is 1.76 bits per heavy atom. The van der Waals surface area contributed by atoms with Gasteiger partial charge < -0.3 is 19.9 Å². The number of hydrogen-bond acceptors (Lipinski definition) is 6. The first kappa shape index (κ1) is 20.0. The summed E-state index contributed by atoms with van der Waals surface area (Å²) in [5.74, 6) is 1.13. The Bertz CT molecular complexity index is 804. The highest BCUT2D eigenvalue weighted by atomic mass is 16.5. The molecular formula is C21H29N3O5. The lowest BCUT2D eigenvalue weighted by molar-refractivity contribution is -0.133. The summed E-state index contributed by atoms with van der Waals surface area (Å²) in [4.78, 5) is 29.0. The van der Waals surface area contributed by atoms with Crippen LogP contribution >= 0.6 is 0 Å². The number of imide groups is 1. The number of urea groups is 1. The molecule has 4 rings (SSSR count). The minimum absolute atomic E-state index is 0.137. The second-order valence-electron chi connectivity index (χ2n) is 8.19. The summed E-state index contributed by atoms with van der Waals surface area (Å²) in [6, 6.07) is 3.25. The molecule has 158 valence electrons. The molecule has 29 heavy (non-hydrogen) atoms. The molecule has 2 aliphatic heterocycles. The number of methoxy groups -OCH3 is 2. The molecule has 1 saturated heterocycles. The van der Waals surface area contributed by atoms with Gasteiger partial charge in [-0.1, -0.05) is 25.7 Å². The summed E-state index contributed by atoms with van der Waals surface area (Å²) in [6.07, 6.45) is 4.70. The summed E-state index contributed by atoms with van der Waals surface area (Å²) < 4.78 is 10.9. The van der Waals surface area contributed by atoms with Gasteiger partial charge in [-0.3, -0.25) is 9.69 Å². The molecule has 1 aromatic rings. The molecule has 2 heterocycles. The second kappa shape index (κ2) is 7.84. The maximum absolute atomic E-state index is 13.2. The number of β-amino-alcohol motifs (C(OH)–C–C–N with tert-alkyl or cyclic N) is 1. The molecule has 3 amide bonds. The van der Waals surface area contributed by atoms with Gasteiger partial charge in [0.1, 0.15) is 17.0 Å². The fourth-order valence-electron chi connectivity index (χ4n) is 4.93. The minimum atomic E-state index is -0.795. The minimum Gasteiger partial charge on any atom is -0.496 e. The van der Waals surface area contributed by atoms with Gasteiger partial charge in [-0.25, -0.2) is 9.69 Å². The van der Waals surface area contributed by atoms with E-state index in [9.17, 15) is 14.7 Å². The number of carbonyl (C=O) groups is 2.